The van der Waals surface area contributed by atoms with Gasteiger partial charge in [0.2, 0.25) is 0 Å². The van der Waals surface area contributed by atoms with Gasteiger partial charge in [-0.3, -0.25) is 4.79 Å². The zero-order valence-corrected chi connectivity index (χ0v) is 17.6. The number of rotatable bonds is 4. The van der Waals surface area contributed by atoms with Gasteiger partial charge in [-0.05, 0) is 26.0 Å². The molecule has 1 amide bonds. The van der Waals surface area contributed by atoms with E-state index in [1.54, 1.807) is 19.9 Å². The normalized spacial score (nSPS) is 11.0. The number of hydrogen-bond donors (Lipinski definition) is 1. The molecule has 0 unspecified atom stereocenters. The minimum atomic E-state index is -4.44. The Balaban J connectivity index is 0.00000261. The Bertz CT molecular complexity index is 1160. The molecule has 3 rings (SSSR count). The van der Waals surface area contributed by atoms with Crippen LogP contribution in [0.2, 0.25) is 0 Å². The molecule has 9 nitrogen and oxygen atoms in total. The van der Waals surface area contributed by atoms with Crippen LogP contribution in [0.5, 0.6) is 0 Å². The van der Waals surface area contributed by atoms with E-state index >= 15 is 0 Å². The molecule has 0 saturated heterocycles. The summed E-state index contributed by atoms with van der Waals surface area (Å²) in [5, 5.41) is 15.1. The summed E-state index contributed by atoms with van der Waals surface area (Å²) in [6.45, 7) is 3.50. The monoisotopic (exact) mass is 396 g/mol. The van der Waals surface area contributed by atoms with Gasteiger partial charge in [-0.2, -0.15) is 5.10 Å². The third-order valence-electron chi connectivity index (χ3n) is 3.65. The fraction of sp³-hybridized carbons (Fsp3) is 0.125. The first-order chi connectivity index (χ1) is 12.2. The quantitative estimate of drug-likeness (QED) is 0.460. The minimum Gasteiger partial charge on any atom is -0.545 e. The van der Waals surface area contributed by atoms with Crippen LogP contribution in [0.4, 0.5) is 0 Å². The van der Waals surface area contributed by atoms with Crippen molar-refractivity contribution in [1.82, 2.24) is 19.3 Å². The van der Waals surface area contributed by atoms with Crippen molar-refractivity contribution in [2.45, 2.75) is 18.7 Å². The van der Waals surface area contributed by atoms with Crippen molar-refractivity contribution in [3.8, 4) is 0 Å². The number of amides is 1. The Kier molecular flexibility index (Phi) is 6.05. The second-order valence-corrected chi connectivity index (χ2v) is 7.20. The van der Waals surface area contributed by atoms with Gasteiger partial charge in [0.1, 0.15) is 5.56 Å². The van der Waals surface area contributed by atoms with Gasteiger partial charge in [-0.15, -0.1) is 0 Å². The van der Waals surface area contributed by atoms with E-state index in [4.69, 9.17) is 0 Å². The van der Waals surface area contributed by atoms with Crippen LogP contribution >= 0.6 is 0 Å². The molecule has 1 N–H and O–H groups in total. The average molecular weight is 396 g/mol. The summed E-state index contributed by atoms with van der Waals surface area (Å²) < 4.78 is 28.2. The number of fused-ring (bicyclic) bond motifs is 1. The molecule has 2 heterocycles. The summed E-state index contributed by atoms with van der Waals surface area (Å²) in [6, 6.07) is 6.61. The van der Waals surface area contributed by atoms with Crippen molar-refractivity contribution in [1.29, 1.82) is 0 Å². The van der Waals surface area contributed by atoms with E-state index in [0.717, 1.165) is 17.8 Å². The van der Waals surface area contributed by atoms with E-state index in [1.807, 2.05) is 4.72 Å². The molecule has 3 aromatic rings. The second-order valence-electron chi connectivity index (χ2n) is 5.55. The molecule has 0 bridgehead atoms. The first-order valence-corrected chi connectivity index (χ1v) is 8.88. The van der Waals surface area contributed by atoms with Crippen molar-refractivity contribution in [2.24, 2.45) is 0 Å². The fourth-order valence-electron chi connectivity index (χ4n) is 2.53. The second kappa shape index (κ2) is 7.77. The number of benzene rings is 1. The maximum Gasteiger partial charge on any atom is 1.00 e. The fourth-order valence-corrected chi connectivity index (χ4v) is 3.69. The van der Waals surface area contributed by atoms with Crippen LogP contribution in [0.3, 0.4) is 0 Å². The number of carboxylic acids is 1. The van der Waals surface area contributed by atoms with Crippen LogP contribution in [0.25, 0.3) is 5.65 Å². The predicted octanol–water partition coefficient (Wildman–Crippen LogP) is -3.17. The molecule has 0 spiro atoms. The first-order valence-electron chi connectivity index (χ1n) is 7.40. The van der Waals surface area contributed by atoms with Crippen molar-refractivity contribution >= 4 is 27.5 Å². The SMILES string of the molecule is Cc1cc(C)n2ncc(C(=O)NS(=O)(=O)c3ccccc3C(=O)[O-])c2n1.[Na+]. The van der Waals surface area contributed by atoms with Crippen molar-refractivity contribution in [3.63, 3.8) is 0 Å². The number of aryl methyl sites for hydroxylation is 2. The molecule has 0 aliphatic carbocycles. The number of aromatic nitrogens is 3. The Hall–Kier alpha value is -2.27. The van der Waals surface area contributed by atoms with E-state index in [0.29, 0.717) is 5.69 Å². The third-order valence-corrected chi connectivity index (χ3v) is 5.04. The molecule has 0 radical (unpaired) electrons. The van der Waals surface area contributed by atoms with E-state index in [9.17, 15) is 23.1 Å². The topological polar surface area (TPSA) is 134 Å². The molecule has 11 heteroatoms. The molecule has 0 aliphatic heterocycles. The number of carboxylic acid groups (broad SMARTS) is 1. The summed E-state index contributed by atoms with van der Waals surface area (Å²) in [7, 11) is -4.44. The van der Waals surface area contributed by atoms with Crippen molar-refractivity contribution < 1.29 is 52.7 Å². The third kappa shape index (κ3) is 4.03. The molecule has 2 aromatic heterocycles. The number of nitrogens with zero attached hydrogens (tertiary/aromatic N) is 3. The van der Waals surface area contributed by atoms with Crippen molar-refractivity contribution in [2.75, 3.05) is 0 Å². The Labute approximate surface area is 176 Å². The van der Waals surface area contributed by atoms with Gasteiger partial charge in [0.15, 0.2) is 5.65 Å². The van der Waals surface area contributed by atoms with Gasteiger partial charge < -0.3 is 9.90 Å². The van der Waals surface area contributed by atoms with Gasteiger partial charge in [0.05, 0.1) is 17.1 Å². The average Bonchev–Trinajstić information content (AvgIpc) is 2.98. The molecule has 0 fully saturated rings. The Morgan fingerprint density at radius 3 is 2.48 bits per heavy atom. The van der Waals surface area contributed by atoms with Gasteiger partial charge in [0.25, 0.3) is 15.9 Å². The molecular formula is C16H13N4NaO5S. The summed E-state index contributed by atoms with van der Waals surface area (Å²) in [5.41, 5.74) is 0.957. The largest absolute Gasteiger partial charge is 1.00 e. The number of sulfonamides is 1. The smallest absolute Gasteiger partial charge is 0.545 e. The first kappa shape index (κ1) is 21.0. The van der Waals surface area contributed by atoms with Gasteiger partial charge in [-0.1, -0.05) is 18.2 Å². The van der Waals surface area contributed by atoms with Gasteiger partial charge >= 0.3 is 29.6 Å². The van der Waals surface area contributed by atoms with Crippen LogP contribution in [-0.2, 0) is 10.0 Å². The Morgan fingerprint density at radius 1 is 1.15 bits per heavy atom. The number of hydrogen-bond acceptors (Lipinski definition) is 7. The van der Waals surface area contributed by atoms with Crippen LogP contribution in [0.1, 0.15) is 32.1 Å². The number of nitrogens with one attached hydrogen (secondary N) is 1. The van der Waals surface area contributed by atoms with Gasteiger partial charge in [0, 0.05) is 17.0 Å². The molecule has 27 heavy (non-hydrogen) atoms. The van der Waals surface area contributed by atoms with Crippen LogP contribution in [-0.4, -0.2) is 34.9 Å². The molecule has 0 aliphatic rings. The zero-order valence-electron chi connectivity index (χ0n) is 14.8. The maximum atomic E-state index is 12.5. The summed E-state index contributed by atoms with van der Waals surface area (Å²) in [5.74, 6) is -2.63. The molecular weight excluding hydrogens is 383 g/mol. The number of carbonyl (C=O) groups is 2. The van der Waals surface area contributed by atoms with E-state index in [-0.39, 0.29) is 40.8 Å². The molecule has 0 saturated carbocycles. The van der Waals surface area contributed by atoms with Crippen LogP contribution in [0.15, 0.2) is 41.4 Å². The summed E-state index contributed by atoms with van der Waals surface area (Å²) in [6.07, 6.45) is 1.20. The standard InChI is InChI=1S/C16H14N4O5S.Na/c1-9-7-10(2)20-14(18-9)12(8-17-20)15(21)19-26(24,25)13-6-4-3-5-11(13)16(22)23;/h3-8H,1-2H3,(H,19,21)(H,22,23);/q;+1/p-1. The van der Waals surface area contributed by atoms with Crippen LogP contribution in [0, 0.1) is 13.8 Å². The predicted molar refractivity (Wildman–Crippen MR) is 87.9 cm³/mol. The van der Waals surface area contributed by atoms with E-state index in [1.165, 1.54) is 22.8 Å². The van der Waals surface area contributed by atoms with Crippen molar-refractivity contribution in [3.05, 3.63) is 59.0 Å². The molecule has 134 valence electrons. The molecule has 1 aromatic carbocycles. The van der Waals surface area contributed by atoms with Gasteiger partial charge in [-0.25, -0.2) is 22.6 Å². The summed E-state index contributed by atoms with van der Waals surface area (Å²) in [4.78, 5) is 27.2. The Morgan fingerprint density at radius 2 is 1.81 bits per heavy atom. The zero-order chi connectivity index (χ0) is 19.1. The number of carbonyl (C=O) groups excluding carboxylic acids is 2. The van der Waals surface area contributed by atoms with Crippen LogP contribution < -0.4 is 39.4 Å². The minimum absolute atomic E-state index is 0. The maximum absolute atomic E-state index is 12.5. The summed E-state index contributed by atoms with van der Waals surface area (Å²) >= 11 is 0. The molecule has 0 atom stereocenters. The van der Waals surface area contributed by atoms with E-state index < -0.39 is 32.4 Å². The van der Waals surface area contributed by atoms with E-state index in [2.05, 4.69) is 10.1 Å². The number of aromatic carboxylic acids is 1.